The van der Waals surface area contributed by atoms with Crippen LogP contribution in [-0.2, 0) is 13.5 Å². The lowest BCUT2D eigenvalue weighted by atomic mass is 9.73. The van der Waals surface area contributed by atoms with E-state index in [2.05, 4.69) is 25.0 Å². The van der Waals surface area contributed by atoms with Crippen LogP contribution in [0.3, 0.4) is 0 Å². The van der Waals surface area contributed by atoms with E-state index in [0.717, 1.165) is 55.3 Å². The van der Waals surface area contributed by atoms with Gasteiger partial charge in [0.2, 0.25) is 0 Å². The normalized spacial score (nSPS) is 28.9. The van der Waals surface area contributed by atoms with Gasteiger partial charge < -0.3 is 5.11 Å². The highest BCUT2D eigenvalue weighted by Gasteiger charge is 2.34. The van der Waals surface area contributed by atoms with Crippen LogP contribution in [0.2, 0.25) is 0 Å². The van der Waals surface area contributed by atoms with Crippen LogP contribution in [0.25, 0.3) is 0 Å². The molecule has 18 heavy (non-hydrogen) atoms. The van der Waals surface area contributed by atoms with Crippen molar-refractivity contribution in [1.29, 1.82) is 0 Å². The monoisotopic (exact) mass is 250 g/mol. The molecule has 1 fully saturated rings. The SMILES string of the molecule is Cc1cc(CC2(O)CCC(C(C)C)CC2)n(C)n1. The van der Waals surface area contributed by atoms with Gasteiger partial charge in [-0.05, 0) is 50.5 Å². The minimum Gasteiger partial charge on any atom is -0.389 e. The van der Waals surface area contributed by atoms with Crippen LogP contribution >= 0.6 is 0 Å². The lowest BCUT2D eigenvalue weighted by Crippen LogP contribution is -2.37. The van der Waals surface area contributed by atoms with Crippen LogP contribution in [0.5, 0.6) is 0 Å². The molecule has 1 aromatic heterocycles. The molecule has 0 amide bonds. The van der Waals surface area contributed by atoms with Gasteiger partial charge in [-0.1, -0.05) is 13.8 Å². The summed E-state index contributed by atoms with van der Waals surface area (Å²) < 4.78 is 1.90. The minimum atomic E-state index is -0.508. The van der Waals surface area contributed by atoms with Crippen molar-refractivity contribution in [1.82, 2.24) is 9.78 Å². The molecule has 1 aliphatic carbocycles. The second-order valence-corrected chi connectivity index (χ2v) is 6.38. The van der Waals surface area contributed by atoms with Crippen LogP contribution < -0.4 is 0 Å². The third kappa shape index (κ3) is 2.94. The maximum absolute atomic E-state index is 10.7. The van der Waals surface area contributed by atoms with Gasteiger partial charge in [0.1, 0.15) is 0 Å². The zero-order valence-corrected chi connectivity index (χ0v) is 12.1. The highest BCUT2D eigenvalue weighted by Crippen LogP contribution is 2.37. The fraction of sp³-hybridized carbons (Fsp3) is 0.800. The first kappa shape index (κ1) is 13.6. The number of hydrogen-bond acceptors (Lipinski definition) is 2. The van der Waals surface area contributed by atoms with Crippen molar-refractivity contribution < 1.29 is 5.11 Å². The molecule has 1 saturated carbocycles. The summed E-state index contributed by atoms with van der Waals surface area (Å²) >= 11 is 0. The van der Waals surface area contributed by atoms with E-state index in [1.807, 2.05) is 18.7 Å². The van der Waals surface area contributed by atoms with Gasteiger partial charge in [0, 0.05) is 19.2 Å². The van der Waals surface area contributed by atoms with Crippen molar-refractivity contribution >= 4 is 0 Å². The molecule has 0 aromatic carbocycles. The summed E-state index contributed by atoms with van der Waals surface area (Å²) in [7, 11) is 1.96. The number of aromatic nitrogens is 2. The van der Waals surface area contributed by atoms with E-state index < -0.39 is 5.60 Å². The van der Waals surface area contributed by atoms with E-state index in [0.29, 0.717) is 0 Å². The Morgan fingerprint density at radius 1 is 1.44 bits per heavy atom. The Hall–Kier alpha value is -0.830. The van der Waals surface area contributed by atoms with E-state index in [4.69, 9.17) is 0 Å². The van der Waals surface area contributed by atoms with E-state index in [-0.39, 0.29) is 0 Å². The first-order valence-corrected chi connectivity index (χ1v) is 7.11. The van der Waals surface area contributed by atoms with Crippen molar-refractivity contribution in [2.24, 2.45) is 18.9 Å². The number of aliphatic hydroxyl groups is 1. The molecule has 3 heteroatoms. The maximum atomic E-state index is 10.7. The van der Waals surface area contributed by atoms with Crippen LogP contribution in [-0.4, -0.2) is 20.5 Å². The second-order valence-electron chi connectivity index (χ2n) is 6.38. The number of hydrogen-bond donors (Lipinski definition) is 1. The molecule has 0 bridgehead atoms. The molecule has 102 valence electrons. The van der Waals surface area contributed by atoms with Gasteiger partial charge in [0.15, 0.2) is 0 Å². The van der Waals surface area contributed by atoms with E-state index in [1.165, 1.54) is 0 Å². The first-order chi connectivity index (χ1) is 8.39. The van der Waals surface area contributed by atoms with Crippen molar-refractivity contribution in [3.8, 4) is 0 Å². The number of nitrogens with zero attached hydrogens (tertiary/aromatic N) is 2. The Kier molecular flexibility index (Phi) is 3.81. The first-order valence-electron chi connectivity index (χ1n) is 7.11. The molecule has 1 N–H and O–H groups in total. The number of aryl methyl sites for hydroxylation is 2. The quantitative estimate of drug-likeness (QED) is 0.895. The van der Waals surface area contributed by atoms with Crippen LogP contribution in [0.1, 0.15) is 50.9 Å². The minimum absolute atomic E-state index is 0.508. The van der Waals surface area contributed by atoms with Gasteiger partial charge in [-0.25, -0.2) is 0 Å². The molecule has 0 atom stereocenters. The molecule has 0 unspecified atom stereocenters. The van der Waals surface area contributed by atoms with Crippen molar-refractivity contribution in [3.05, 3.63) is 17.5 Å². The van der Waals surface area contributed by atoms with Gasteiger partial charge in [0.05, 0.1) is 11.3 Å². The smallest absolute Gasteiger partial charge is 0.0703 e. The molecule has 0 saturated heterocycles. The van der Waals surface area contributed by atoms with Gasteiger partial charge >= 0.3 is 0 Å². The standard InChI is InChI=1S/C15H26N2O/c1-11(2)13-5-7-15(18,8-6-13)10-14-9-12(3)16-17(14)4/h9,11,13,18H,5-8,10H2,1-4H3. The third-order valence-electron chi connectivity index (χ3n) is 4.51. The molecule has 0 aliphatic heterocycles. The maximum Gasteiger partial charge on any atom is 0.0703 e. The highest BCUT2D eigenvalue weighted by atomic mass is 16.3. The Morgan fingerprint density at radius 2 is 2.06 bits per heavy atom. The summed E-state index contributed by atoms with van der Waals surface area (Å²) in [6.45, 7) is 6.59. The summed E-state index contributed by atoms with van der Waals surface area (Å²) in [5.74, 6) is 1.53. The predicted octanol–water partition coefficient (Wildman–Crippen LogP) is 2.85. The summed E-state index contributed by atoms with van der Waals surface area (Å²) in [4.78, 5) is 0. The van der Waals surface area contributed by atoms with Gasteiger partial charge in [-0.15, -0.1) is 0 Å². The average molecular weight is 250 g/mol. The summed E-state index contributed by atoms with van der Waals surface area (Å²) in [5.41, 5.74) is 1.68. The molecule has 1 aliphatic rings. The second kappa shape index (κ2) is 5.04. The Morgan fingerprint density at radius 3 is 2.50 bits per heavy atom. The topological polar surface area (TPSA) is 38.0 Å². The fourth-order valence-electron chi connectivity index (χ4n) is 3.19. The van der Waals surface area contributed by atoms with Crippen LogP contribution in [0, 0.1) is 18.8 Å². The summed E-state index contributed by atoms with van der Waals surface area (Å²) in [5, 5.41) is 15.1. The van der Waals surface area contributed by atoms with Crippen molar-refractivity contribution in [2.75, 3.05) is 0 Å². The molecule has 1 heterocycles. The van der Waals surface area contributed by atoms with Gasteiger partial charge in [-0.3, -0.25) is 4.68 Å². The Labute approximate surface area is 110 Å². The van der Waals surface area contributed by atoms with Gasteiger partial charge in [-0.2, -0.15) is 5.10 Å². The molecule has 0 radical (unpaired) electrons. The molecular weight excluding hydrogens is 224 g/mol. The third-order valence-corrected chi connectivity index (χ3v) is 4.51. The van der Waals surface area contributed by atoms with Crippen LogP contribution in [0.4, 0.5) is 0 Å². The molecular formula is C15H26N2O. The van der Waals surface area contributed by atoms with E-state index in [1.54, 1.807) is 0 Å². The molecule has 0 spiro atoms. The van der Waals surface area contributed by atoms with Gasteiger partial charge in [0.25, 0.3) is 0 Å². The summed E-state index contributed by atoms with van der Waals surface area (Å²) in [6.07, 6.45) is 4.92. The molecule has 2 rings (SSSR count). The predicted molar refractivity (Wildman–Crippen MR) is 73.4 cm³/mol. The lowest BCUT2D eigenvalue weighted by molar-refractivity contribution is -0.0159. The average Bonchev–Trinajstić information content (AvgIpc) is 2.57. The highest BCUT2D eigenvalue weighted by molar-refractivity contribution is 5.12. The zero-order chi connectivity index (χ0) is 13.3. The van der Waals surface area contributed by atoms with Crippen LogP contribution in [0.15, 0.2) is 6.07 Å². The molecule has 3 nitrogen and oxygen atoms in total. The number of rotatable bonds is 3. The van der Waals surface area contributed by atoms with Crippen molar-refractivity contribution in [2.45, 2.75) is 58.5 Å². The largest absolute Gasteiger partial charge is 0.389 e. The lowest BCUT2D eigenvalue weighted by Gasteiger charge is -2.37. The fourth-order valence-corrected chi connectivity index (χ4v) is 3.19. The van der Waals surface area contributed by atoms with E-state index >= 15 is 0 Å². The molecule has 1 aromatic rings. The van der Waals surface area contributed by atoms with Crippen molar-refractivity contribution in [3.63, 3.8) is 0 Å². The van der Waals surface area contributed by atoms with E-state index in [9.17, 15) is 5.11 Å². The zero-order valence-electron chi connectivity index (χ0n) is 12.1. The summed E-state index contributed by atoms with van der Waals surface area (Å²) in [6, 6.07) is 2.09. The Balaban J connectivity index is 1.99. The Bertz CT molecular complexity index is 401.